The van der Waals surface area contributed by atoms with E-state index in [2.05, 4.69) is 35.1 Å². The molecule has 18 nitrogen and oxygen atoms in total. The summed E-state index contributed by atoms with van der Waals surface area (Å²) in [4.78, 5) is 58.8. The number of carbonyl (C=O) groups is 2. The van der Waals surface area contributed by atoms with Crippen molar-refractivity contribution >= 4 is 78.7 Å². The van der Waals surface area contributed by atoms with Gasteiger partial charge in [-0.25, -0.2) is 22.5 Å². The van der Waals surface area contributed by atoms with Crippen molar-refractivity contribution in [1.82, 2.24) is 14.6 Å². The van der Waals surface area contributed by atoms with E-state index in [4.69, 9.17) is 29.2 Å². The summed E-state index contributed by atoms with van der Waals surface area (Å²) in [5, 5.41) is 21.1. The van der Waals surface area contributed by atoms with E-state index >= 15 is 0 Å². The Morgan fingerprint density at radius 3 is 2.41 bits per heavy atom. The molecular weight excluding hydrogens is 862 g/mol. The number of anilines is 1. The highest BCUT2D eigenvalue weighted by molar-refractivity contribution is 9.09. The molecule has 1 amide bonds. The minimum absolute atomic E-state index is 0.0603. The van der Waals surface area contributed by atoms with E-state index in [0.717, 1.165) is 30.5 Å². The number of sulfonamides is 1. The molecule has 5 N–H and O–H groups in total. The number of carboxylic acids is 1. The smallest absolute Gasteiger partial charge is 0.490 e. The van der Waals surface area contributed by atoms with Crippen LogP contribution in [0.25, 0.3) is 21.7 Å². The first-order chi connectivity index (χ1) is 26.3. The number of alkyl halides is 4. The Morgan fingerprint density at radius 1 is 1.09 bits per heavy atom. The lowest BCUT2D eigenvalue weighted by Crippen LogP contribution is -2.38. The number of carbonyl (C=O) groups excluding carboxylic acids is 1. The van der Waals surface area contributed by atoms with Crippen LogP contribution in [-0.4, -0.2) is 121 Å². The molecule has 0 bridgehead atoms. The molecule has 1 unspecified atom stereocenters. The molecule has 3 heterocycles. The fourth-order valence-corrected chi connectivity index (χ4v) is 7.99. The summed E-state index contributed by atoms with van der Waals surface area (Å²) < 4.78 is 86.3. The van der Waals surface area contributed by atoms with Crippen LogP contribution in [-0.2, 0) is 28.6 Å². The molecule has 1 aromatic heterocycles. The van der Waals surface area contributed by atoms with E-state index < -0.39 is 48.1 Å². The number of amides is 1. The van der Waals surface area contributed by atoms with Gasteiger partial charge in [-0.15, -0.1) is 0 Å². The van der Waals surface area contributed by atoms with Gasteiger partial charge in [-0.05, 0) is 47.3 Å². The minimum Gasteiger partial charge on any atom is -0.492 e. The van der Waals surface area contributed by atoms with Gasteiger partial charge in [-0.3, -0.25) is 24.3 Å². The van der Waals surface area contributed by atoms with Crippen LogP contribution in [0, 0.1) is 10.1 Å². The van der Waals surface area contributed by atoms with Crippen LogP contribution in [0.3, 0.4) is 0 Å². The minimum atomic E-state index is -5.08. The maximum absolute atomic E-state index is 14.0. The number of phosphoric ester groups is 1. The molecule has 0 aliphatic carbocycles. The molecule has 4 aromatic rings. The third-order valence-electron chi connectivity index (χ3n) is 8.65. The van der Waals surface area contributed by atoms with Gasteiger partial charge in [0.15, 0.2) is 0 Å². The molecule has 1 atom stereocenters. The maximum atomic E-state index is 14.0. The number of nitro groups is 1. The zero-order valence-electron chi connectivity index (χ0n) is 28.9. The number of H-pyrrole nitrogens is 1. The van der Waals surface area contributed by atoms with Crippen molar-refractivity contribution in [2.24, 2.45) is 0 Å². The van der Waals surface area contributed by atoms with Crippen molar-refractivity contribution in [1.29, 1.82) is 0 Å². The fourth-order valence-electron chi connectivity index (χ4n) is 6.09. The second-order valence-corrected chi connectivity index (χ2v) is 16.0. The Balaban J connectivity index is 0.000000784. The van der Waals surface area contributed by atoms with Gasteiger partial charge < -0.3 is 34.3 Å². The molecule has 56 heavy (non-hydrogen) atoms. The van der Waals surface area contributed by atoms with Gasteiger partial charge in [0.25, 0.3) is 11.6 Å². The fraction of sp³-hybridized carbons (Fsp3) is 0.375. The zero-order valence-corrected chi connectivity index (χ0v) is 32.2. The number of ether oxygens (including phenoxy) is 2. The maximum Gasteiger partial charge on any atom is 0.490 e. The predicted molar refractivity (Wildman–Crippen MR) is 197 cm³/mol. The molecule has 0 radical (unpaired) electrons. The first-order valence-electron chi connectivity index (χ1n) is 16.5. The summed E-state index contributed by atoms with van der Waals surface area (Å²) in [7, 11) is -9.02. The second kappa shape index (κ2) is 17.5. The van der Waals surface area contributed by atoms with E-state index in [-0.39, 0.29) is 34.3 Å². The molecule has 0 saturated carbocycles. The van der Waals surface area contributed by atoms with Gasteiger partial charge in [0, 0.05) is 60.9 Å². The number of halogens is 4. The summed E-state index contributed by atoms with van der Waals surface area (Å²) in [6.45, 7) is 3.60. The number of fused-ring (bicyclic) bond motifs is 4. The second-order valence-electron chi connectivity index (χ2n) is 12.3. The number of nitro benzene ring substituents is 1. The lowest BCUT2D eigenvalue weighted by Gasteiger charge is -2.26. The Kier molecular flexibility index (Phi) is 13.4. The first kappa shape index (κ1) is 42.9. The van der Waals surface area contributed by atoms with E-state index in [1.165, 1.54) is 29.2 Å². The molecule has 2 aliphatic heterocycles. The number of non-ortho nitro benzene ring substituents is 1. The van der Waals surface area contributed by atoms with Crippen molar-refractivity contribution in [3.63, 3.8) is 0 Å². The number of carboxylic acid groups (broad SMARTS) is 1. The van der Waals surface area contributed by atoms with Crippen LogP contribution in [0.5, 0.6) is 5.75 Å². The Morgan fingerprint density at radius 2 is 1.79 bits per heavy atom. The van der Waals surface area contributed by atoms with Gasteiger partial charge >= 0.3 is 20.0 Å². The normalized spacial score (nSPS) is 16.4. The Labute approximate surface area is 324 Å². The number of aromatic nitrogens is 1. The molecule has 3 aromatic carbocycles. The average molecular weight is 897 g/mol. The van der Waals surface area contributed by atoms with Crippen molar-refractivity contribution in [3.05, 3.63) is 69.9 Å². The summed E-state index contributed by atoms with van der Waals surface area (Å²) in [5.74, 6) is -2.74. The highest BCUT2D eigenvalue weighted by Gasteiger charge is 2.39. The van der Waals surface area contributed by atoms with Gasteiger partial charge in [0.05, 0.1) is 40.7 Å². The van der Waals surface area contributed by atoms with Crippen molar-refractivity contribution in [3.8, 4) is 5.75 Å². The topological polar surface area (TPSA) is 251 Å². The predicted octanol–water partition coefficient (Wildman–Crippen LogP) is 4.10. The van der Waals surface area contributed by atoms with E-state index in [0.29, 0.717) is 53.2 Å². The van der Waals surface area contributed by atoms with E-state index in [1.54, 1.807) is 6.07 Å². The largest absolute Gasteiger partial charge is 0.492 e. The quantitative estimate of drug-likeness (QED) is 0.0417. The molecule has 2 aliphatic rings. The highest BCUT2D eigenvalue weighted by atomic mass is 79.9. The summed E-state index contributed by atoms with van der Waals surface area (Å²) in [6, 6.07) is 12.4. The molecule has 6 rings (SSSR count). The molecule has 304 valence electrons. The van der Waals surface area contributed by atoms with E-state index in [1.807, 2.05) is 18.2 Å². The number of morpholine rings is 1. The summed E-state index contributed by atoms with van der Waals surface area (Å²) in [6.07, 6.45) is -5.08. The molecule has 1 saturated heterocycles. The van der Waals surface area contributed by atoms with Crippen LogP contribution < -0.4 is 14.4 Å². The van der Waals surface area contributed by atoms with Gasteiger partial charge in [-0.2, -0.15) is 13.2 Å². The standard InChI is InChI=1S/C30H33BrN5O11PS.C2HF3O2/c31-17-20-18-35(30(37)26-14-19-13-21(1-4-25(19)33-26)46-12-8-34-6-10-45-11-7-34)28-16-27(36(38)39)24-15-22(2-3-23(24)29(20)28)49(43,44)32-5-9-47-48(40,41)42;3-2(4,5)1(6)7/h1-4,13-16,20,32-33H,5-12,17-18H2,(H2,40,41,42);(H,6,7). The number of aliphatic carboxylic acids is 1. The van der Waals surface area contributed by atoms with Crippen LogP contribution in [0.4, 0.5) is 24.5 Å². The monoisotopic (exact) mass is 895 g/mol. The van der Waals surface area contributed by atoms with Gasteiger partial charge in [0.1, 0.15) is 18.1 Å². The third kappa shape index (κ3) is 10.4. The lowest BCUT2D eigenvalue weighted by molar-refractivity contribution is -0.383. The number of nitrogens with one attached hydrogen (secondary N) is 2. The molecule has 1 fully saturated rings. The SMILES string of the molecule is O=C(O)C(F)(F)F.O=C(c1cc2cc(OCCN3CCOCC3)ccc2[nH]1)N1CC(CBr)c2c1cc([N+](=O)[O-])c1cc(S(=O)(=O)NCCOP(=O)(O)O)ccc21. The highest BCUT2D eigenvalue weighted by Crippen LogP contribution is 2.46. The number of hydrogen-bond donors (Lipinski definition) is 5. The third-order valence-corrected chi connectivity index (χ3v) is 11.4. The molecule has 0 spiro atoms. The van der Waals surface area contributed by atoms with Crippen molar-refractivity contribution < 1.29 is 69.6 Å². The number of rotatable bonds is 13. The number of nitrogens with zero attached hydrogens (tertiary/aromatic N) is 3. The summed E-state index contributed by atoms with van der Waals surface area (Å²) in [5.41, 5.74) is 1.63. The van der Waals surface area contributed by atoms with Crippen molar-refractivity contribution in [2.45, 2.75) is 17.0 Å². The molecule has 24 heteroatoms. The Bertz CT molecular complexity index is 2280. The number of phosphoric acid groups is 1. The number of aromatic amines is 1. The van der Waals surface area contributed by atoms with Gasteiger partial charge in [0.2, 0.25) is 10.0 Å². The number of benzene rings is 3. The average Bonchev–Trinajstić information content (AvgIpc) is 3.74. The van der Waals surface area contributed by atoms with Crippen LogP contribution in [0.15, 0.2) is 53.4 Å². The van der Waals surface area contributed by atoms with Crippen LogP contribution >= 0.6 is 23.8 Å². The first-order valence-corrected chi connectivity index (χ1v) is 20.6. The van der Waals surface area contributed by atoms with Gasteiger partial charge in [-0.1, -0.05) is 22.0 Å². The summed E-state index contributed by atoms with van der Waals surface area (Å²) >= 11 is 3.51. The molecular formula is C32H34BrF3N5O13PS. The van der Waals surface area contributed by atoms with Crippen LogP contribution in [0.1, 0.15) is 22.0 Å². The lowest BCUT2D eigenvalue weighted by atomic mass is 9.95. The number of hydrogen-bond acceptors (Lipinski definition) is 11. The van der Waals surface area contributed by atoms with Crippen LogP contribution in [0.2, 0.25) is 0 Å². The van der Waals surface area contributed by atoms with E-state index in [9.17, 15) is 41.1 Å². The van der Waals surface area contributed by atoms with Crippen molar-refractivity contribution in [2.75, 3.05) is 69.4 Å². The Hall–Kier alpha value is -4.19. The zero-order chi connectivity index (χ0) is 41.0.